The average Bonchev–Trinajstić information content (AvgIpc) is 3.08. The molecule has 1 aromatic carbocycles. The highest BCUT2D eigenvalue weighted by Crippen LogP contribution is 2.31. The summed E-state index contributed by atoms with van der Waals surface area (Å²) in [6, 6.07) is 6.05. The number of hydrogen-bond acceptors (Lipinski definition) is 2. The van der Waals surface area contributed by atoms with Crippen molar-refractivity contribution < 1.29 is 13.2 Å². The maximum absolute atomic E-state index is 13.1. The number of nitrogens with zero attached hydrogens (tertiary/aromatic N) is 3. The Kier molecular flexibility index (Phi) is 7.95. The van der Waals surface area contributed by atoms with Crippen LogP contribution in [0.3, 0.4) is 0 Å². The Labute approximate surface area is 186 Å². The molecule has 29 heavy (non-hydrogen) atoms. The highest BCUT2D eigenvalue weighted by Gasteiger charge is 2.32. The summed E-state index contributed by atoms with van der Waals surface area (Å²) in [7, 11) is 1.62. The lowest BCUT2D eigenvalue weighted by Gasteiger charge is -2.24. The Bertz CT molecular complexity index is 845. The van der Waals surface area contributed by atoms with E-state index in [1.165, 1.54) is 17.7 Å². The molecule has 0 radical (unpaired) electrons. The van der Waals surface area contributed by atoms with E-state index in [1.54, 1.807) is 13.1 Å². The van der Waals surface area contributed by atoms with Crippen LogP contribution in [-0.4, -0.2) is 28.8 Å². The van der Waals surface area contributed by atoms with Crippen LogP contribution in [-0.2, 0) is 25.6 Å². The molecule has 0 saturated carbocycles. The van der Waals surface area contributed by atoms with E-state index in [0.717, 1.165) is 31.0 Å². The Morgan fingerprint density at radius 3 is 2.69 bits per heavy atom. The predicted molar refractivity (Wildman–Crippen MR) is 119 cm³/mol. The fraction of sp³-hybridized carbons (Fsp3) is 0.500. The third kappa shape index (κ3) is 5.86. The highest BCUT2D eigenvalue weighted by molar-refractivity contribution is 14.0. The molecule has 2 aromatic rings. The van der Waals surface area contributed by atoms with Gasteiger partial charge in [0, 0.05) is 38.3 Å². The molecule has 3 rings (SSSR count). The molecule has 0 fully saturated rings. The van der Waals surface area contributed by atoms with Crippen molar-refractivity contribution in [2.75, 3.05) is 7.05 Å². The van der Waals surface area contributed by atoms with Crippen molar-refractivity contribution in [1.29, 1.82) is 0 Å². The van der Waals surface area contributed by atoms with Gasteiger partial charge >= 0.3 is 6.18 Å². The zero-order chi connectivity index (χ0) is 20.3. The highest BCUT2D eigenvalue weighted by atomic mass is 127. The minimum absolute atomic E-state index is 0. The van der Waals surface area contributed by atoms with E-state index in [1.807, 2.05) is 4.68 Å². The molecule has 1 heterocycles. The fourth-order valence-electron chi connectivity index (χ4n) is 3.42. The lowest BCUT2D eigenvalue weighted by atomic mass is 9.94. The first kappa shape index (κ1) is 23.5. The van der Waals surface area contributed by atoms with Gasteiger partial charge in [0.15, 0.2) is 5.96 Å². The van der Waals surface area contributed by atoms with Gasteiger partial charge in [0.25, 0.3) is 0 Å². The maximum atomic E-state index is 13.1. The summed E-state index contributed by atoms with van der Waals surface area (Å²) < 4.78 is 41.4. The molecule has 0 bridgehead atoms. The summed E-state index contributed by atoms with van der Waals surface area (Å²) >= 11 is 0. The number of guanidine groups is 1. The van der Waals surface area contributed by atoms with Crippen LogP contribution in [0.4, 0.5) is 13.2 Å². The summed E-state index contributed by atoms with van der Waals surface area (Å²) in [5, 5.41) is 11.0. The number of alkyl halides is 3. The van der Waals surface area contributed by atoms with Gasteiger partial charge in [-0.05, 0) is 43.9 Å². The van der Waals surface area contributed by atoms with Crippen molar-refractivity contribution in [3.05, 3.63) is 52.8 Å². The van der Waals surface area contributed by atoms with E-state index < -0.39 is 11.7 Å². The van der Waals surface area contributed by atoms with Crippen LogP contribution in [0.2, 0.25) is 0 Å². The van der Waals surface area contributed by atoms with Crippen molar-refractivity contribution in [1.82, 2.24) is 20.4 Å². The number of fused-ring (bicyclic) bond motifs is 1. The van der Waals surface area contributed by atoms with Crippen LogP contribution in [0.5, 0.6) is 0 Å². The van der Waals surface area contributed by atoms with Crippen LogP contribution in [0.1, 0.15) is 48.7 Å². The van der Waals surface area contributed by atoms with Gasteiger partial charge in [-0.25, -0.2) is 0 Å². The van der Waals surface area contributed by atoms with Crippen molar-refractivity contribution in [3.8, 4) is 0 Å². The second-order valence-corrected chi connectivity index (χ2v) is 7.34. The zero-order valence-electron chi connectivity index (χ0n) is 16.8. The SMILES string of the molecule is CN=C(NCc1ccccc1C(F)(F)F)NC1CCc2cn(C(C)C)nc2C1.I. The van der Waals surface area contributed by atoms with E-state index in [-0.39, 0.29) is 42.1 Å². The lowest BCUT2D eigenvalue weighted by Crippen LogP contribution is -2.45. The van der Waals surface area contributed by atoms with E-state index in [4.69, 9.17) is 0 Å². The van der Waals surface area contributed by atoms with Gasteiger partial charge < -0.3 is 10.6 Å². The molecule has 1 aliphatic carbocycles. The maximum Gasteiger partial charge on any atom is 0.416 e. The third-order valence-corrected chi connectivity index (χ3v) is 4.96. The Hall–Kier alpha value is -1.78. The van der Waals surface area contributed by atoms with Gasteiger partial charge in [-0.3, -0.25) is 9.67 Å². The number of hydrogen-bond donors (Lipinski definition) is 2. The van der Waals surface area contributed by atoms with Gasteiger partial charge in [-0.2, -0.15) is 18.3 Å². The Morgan fingerprint density at radius 2 is 2.03 bits per heavy atom. The van der Waals surface area contributed by atoms with Crippen molar-refractivity contribution >= 4 is 29.9 Å². The van der Waals surface area contributed by atoms with E-state index in [0.29, 0.717) is 12.0 Å². The molecule has 1 aromatic heterocycles. The monoisotopic (exact) mass is 521 g/mol. The normalized spacial score (nSPS) is 16.9. The van der Waals surface area contributed by atoms with E-state index in [9.17, 15) is 13.2 Å². The Morgan fingerprint density at radius 1 is 1.31 bits per heavy atom. The molecule has 9 heteroatoms. The number of halogens is 4. The molecule has 5 nitrogen and oxygen atoms in total. The van der Waals surface area contributed by atoms with Crippen LogP contribution in [0, 0.1) is 0 Å². The average molecular weight is 521 g/mol. The molecule has 0 amide bonds. The van der Waals surface area contributed by atoms with Crippen LogP contribution >= 0.6 is 24.0 Å². The number of aryl methyl sites for hydroxylation is 1. The second-order valence-electron chi connectivity index (χ2n) is 7.34. The molecule has 0 spiro atoms. The molecule has 0 saturated heterocycles. The first-order valence-electron chi connectivity index (χ1n) is 9.47. The quantitative estimate of drug-likeness (QED) is 0.358. The first-order valence-corrected chi connectivity index (χ1v) is 9.47. The second kappa shape index (κ2) is 9.82. The van der Waals surface area contributed by atoms with Crippen molar-refractivity contribution in [2.45, 2.75) is 57.9 Å². The summed E-state index contributed by atoms with van der Waals surface area (Å²) in [5.41, 5.74) is 1.92. The molecule has 160 valence electrons. The van der Waals surface area contributed by atoms with Gasteiger partial charge in [0.2, 0.25) is 0 Å². The van der Waals surface area contributed by atoms with E-state index in [2.05, 4.69) is 40.8 Å². The number of rotatable bonds is 4. The number of benzene rings is 1. The van der Waals surface area contributed by atoms with Crippen molar-refractivity contribution in [2.24, 2.45) is 4.99 Å². The molecule has 1 unspecified atom stereocenters. The predicted octanol–water partition coefficient (Wildman–Crippen LogP) is 4.32. The summed E-state index contributed by atoms with van der Waals surface area (Å²) in [4.78, 5) is 4.17. The molecular weight excluding hydrogens is 494 g/mol. The summed E-state index contributed by atoms with van der Waals surface area (Å²) in [5.74, 6) is 0.494. The van der Waals surface area contributed by atoms with Gasteiger partial charge in [-0.1, -0.05) is 18.2 Å². The van der Waals surface area contributed by atoms with Gasteiger partial charge in [-0.15, -0.1) is 24.0 Å². The minimum atomic E-state index is -4.37. The van der Waals surface area contributed by atoms with Gasteiger partial charge in [0.05, 0.1) is 11.3 Å². The van der Waals surface area contributed by atoms with Crippen LogP contribution in [0.25, 0.3) is 0 Å². The standard InChI is InChI=1S/C20H26F3N5.HI/c1-13(2)28-12-15-8-9-16(10-18(15)27-28)26-19(24-3)25-11-14-6-4-5-7-17(14)20(21,22)23;/h4-7,12-13,16H,8-11H2,1-3H3,(H2,24,25,26);1H. The van der Waals surface area contributed by atoms with Gasteiger partial charge in [0.1, 0.15) is 0 Å². The Balaban J connectivity index is 0.00000300. The van der Waals surface area contributed by atoms with Crippen LogP contribution in [0.15, 0.2) is 35.5 Å². The van der Waals surface area contributed by atoms with E-state index >= 15 is 0 Å². The largest absolute Gasteiger partial charge is 0.416 e. The summed E-state index contributed by atoms with van der Waals surface area (Å²) in [6.45, 7) is 4.24. The third-order valence-electron chi connectivity index (χ3n) is 4.96. The zero-order valence-corrected chi connectivity index (χ0v) is 19.1. The fourth-order valence-corrected chi connectivity index (χ4v) is 3.42. The molecule has 1 atom stereocenters. The first-order chi connectivity index (χ1) is 13.3. The number of aromatic nitrogens is 2. The number of aliphatic imine (C=N–C) groups is 1. The van der Waals surface area contributed by atoms with Crippen molar-refractivity contribution in [3.63, 3.8) is 0 Å². The topological polar surface area (TPSA) is 54.2 Å². The van der Waals surface area contributed by atoms with Crippen LogP contribution < -0.4 is 10.6 Å². The number of nitrogens with one attached hydrogen (secondary N) is 2. The summed E-state index contributed by atoms with van der Waals surface area (Å²) in [6.07, 6.45) is 0.362. The smallest absolute Gasteiger partial charge is 0.353 e. The lowest BCUT2D eigenvalue weighted by molar-refractivity contribution is -0.138. The molecule has 1 aliphatic rings. The molecular formula is C20H27F3IN5. The molecule has 2 N–H and O–H groups in total. The minimum Gasteiger partial charge on any atom is -0.353 e. The molecule has 0 aliphatic heterocycles.